The molecule has 2 aliphatic rings. The highest BCUT2D eigenvalue weighted by atomic mass is 127. The number of fused-ring (bicyclic) bond motifs is 2. The molecule has 2 heterocycles. The Kier molecular flexibility index (Phi) is 7.61. The summed E-state index contributed by atoms with van der Waals surface area (Å²) in [6, 6.07) is 6.21. The number of aliphatic imine (C=N–C) groups is 1. The maximum absolute atomic E-state index is 5.91. The molecule has 2 fully saturated rings. The number of nitrogens with one attached hydrogen (secondary N) is 2. The van der Waals surface area contributed by atoms with E-state index < -0.39 is 0 Å². The molecule has 1 aromatic rings. The van der Waals surface area contributed by atoms with Gasteiger partial charge in [0.2, 0.25) is 0 Å². The molecule has 2 N–H and O–H groups in total. The van der Waals surface area contributed by atoms with E-state index in [9.17, 15) is 0 Å². The predicted molar refractivity (Wildman–Crippen MR) is 109 cm³/mol. The third-order valence-corrected chi connectivity index (χ3v) is 4.66. The molecule has 25 heavy (non-hydrogen) atoms. The largest absolute Gasteiger partial charge is 0.493 e. The summed E-state index contributed by atoms with van der Waals surface area (Å²) in [5.41, 5.74) is 0.998. The lowest BCUT2D eigenvalue weighted by Crippen LogP contribution is -2.47. The fourth-order valence-electron chi connectivity index (χ4n) is 3.53. The molecule has 140 valence electrons. The van der Waals surface area contributed by atoms with Crippen molar-refractivity contribution in [2.75, 3.05) is 20.8 Å². The van der Waals surface area contributed by atoms with Crippen molar-refractivity contribution in [2.24, 2.45) is 4.99 Å². The van der Waals surface area contributed by atoms with E-state index in [-0.39, 0.29) is 24.0 Å². The zero-order chi connectivity index (χ0) is 16.9. The van der Waals surface area contributed by atoms with Crippen LogP contribution in [0, 0.1) is 0 Å². The van der Waals surface area contributed by atoms with Crippen LogP contribution in [0.15, 0.2) is 23.2 Å². The highest BCUT2D eigenvalue weighted by Gasteiger charge is 2.41. The van der Waals surface area contributed by atoms with Gasteiger partial charge in [0.05, 0.1) is 39.0 Å². The van der Waals surface area contributed by atoms with Crippen LogP contribution in [-0.2, 0) is 11.3 Å². The van der Waals surface area contributed by atoms with Gasteiger partial charge < -0.3 is 24.8 Å². The summed E-state index contributed by atoms with van der Waals surface area (Å²) in [7, 11) is 3.30. The summed E-state index contributed by atoms with van der Waals surface area (Å²) in [6.45, 7) is 3.42. The van der Waals surface area contributed by atoms with Gasteiger partial charge in [0.25, 0.3) is 0 Å². The molecular formula is C18H28IN3O3. The summed E-state index contributed by atoms with van der Waals surface area (Å²) < 4.78 is 16.7. The quantitative estimate of drug-likeness (QED) is 0.388. The first-order valence-electron chi connectivity index (χ1n) is 8.65. The van der Waals surface area contributed by atoms with E-state index >= 15 is 0 Å². The number of nitrogens with zero attached hydrogens (tertiary/aromatic N) is 1. The van der Waals surface area contributed by atoms with E-state index in [1.54, 1.807) is 14.2 Å². The van der Waals surface area contributed by atoms with Gasteiger partial charge in [-0.05, 0) is 32.3 Å². The third-order valence-electron chi connectivity index (χ3n) is 4.66. The van der Waals surface area contributed by atoms with Gasteiger partial charge in [-0.25, -0.2) is 4.99 Å². The predicted octanol–water partition coefficient (Wildman–Crippen LogP) is 2.70. The summed E-state index contributed by atoms with van der Waals surface area (Å²) >= 11 is 0. The van der Waals surface area contributed by atoms with Crippen molar-refractivity contribution in [3.63, 3.8) is 0 Å². The number of rotatable bonds is 6. The Balaban J connectivity index is 0.00000225. The first kappa shape index (κ1) is 20.1. The molecule has 0 aromatic heterocycles. The highest BCUT2D eigenvalue weighted by Crippen LogP contribution is 2.34. The average Bonchev–Trinajstić information content (AvgIpc) is 3.22. The lowest BCUT2D eigenvalue weighted by Gasteiger charge is -2.22. The third kappa shape index (κ3) is 4.69. The van der Waals surface area contributed by atoms with Crippen molar-refractivity contribution in [3.05, 3.63) is 23.8 Å². The van der Waals surface area contributed by atoms with Gasteiger partial charge >= 0.3 is 0 Å². The first-order valence-corrected chi connectivity index (χ1v) is 8.65. The van der Waals surface area contributed by atoms with E-state index in [4.69, 9.17) is 19.2 Å². The topological polar surface area (TPSA) is 64.1 Å². The minimum Gasteiger partial charge on any atom is -0.493 e. The van der Waals surface area contributed by atoms with Crippen LogP contribution in [0.5, 0.6) is 11.5 Å². The second-order valence-corrected chi connectivity index (χ2v) is 6.21. The van der Waals surface area contributed by atoms with Crippen LogP contribution in [0.2, 0.25) is 0 Å². The van der Waals surface area contributed by atoms with E-state index in [2.05, 4.69) is 17.6 Å². The summed E-state index contributed by atoms with van der Waals surface area (Å²) in [5, 5.41) is 6.84. The van der Waals surface area contributed by atoms with Crippen LogP contribution in [0.4, 0.5) is 0 Å². The molecule has 1 aromatic carbocycles. The van der Waals surface area contributed by atoms with Gasteiger partial charge in [-0.3, -0.25) is 0 Å². The standard InChI is InChI=1S/C18H27N3O3.HI/c1-4-19-18(21-14-10-13-8-9-15(14)24-13)20-11-12-6-5-7-16(22-2)17(12)23-3;/h5-7,13-15H,4,8-11H2,1-3H3,(H2,19,20,21);1H. The normalized spacial score (nSPS) is 24.6. The van der Waals surface area contributed by atoms with Crippen LogP contribution in [0.3, 0.4) is 0 Å². The first-order chi connectivity index (χ1) is 11.7. The Bertz CT molecular complexity index is 597. The SMILES string of the molecule is CCNC(=NCc1cccc(OC)c1OC)NC1CC2CCC1O2.I. The van der Waals surface area contributed by atoms with Crippen LogP contribution in [0.25, 0.3) is 0 Å². The summed E-state index contributed by atoms with van der Waals surface area (Å²) in [4.78, 5) is 4.72. The minimum absolute atomic E-state index is 0. The van der Waals surface area contributed by atoms with Gasteiger partial charge in [-0.2, -0.15) is 0 Å². The molecule has 6 nitrogen and oxygen atoms in total. The second-order valence-electron chi connectivity index (χ2n) is 6.21. The average molecular weight is 461 g/mol. The number of hydrogen-bond acceptors (Lipinski definition) is 4. The van der Waals surface area contributed by atoms with Gasteiger partial charge in [-0.15, -0.1) is 24.0 Å². The maximum atomic E-state index is 5.91. The molecule has 0 aliphatic carbocycles. The van der Waals surface area contributed by atoms with E-state index in [0.29, 0.717) is 24.8 Å². The van der Waals surface area contributed by atoms with E-state index in [0.717, 1.165) is 42.4 Å². The summed E-state index contributed by atoms with van der Waals surface area (Å²) in [6.07, 6.45) is 4.15. The van der Waals surface area contributed by atoms with Crippen LogP contribution >= 0.6 is 24.0 Å². The number of halogens is 1. The number of benzene rings is 1. The van der Waals surface area contributed by atoms with Crippen molar-refractivity contribution >= 4 is 29.9 Å². The Morgan fingerprint density at radius 2 is 2.12 bits per heavy atom. The molecule has 3 unspecified atom stereocenters. The molecule has 2 saturated heterocycles. The van der Waals surface area contributed by atoms with Crippen molar-refractivity contribution in [2.45, 2.75) is 51.0 Å². The zero-order valence-corrected chi connectivity index (χ0v) is 17.4. The molecule has 7 heteroatoms. The molecule has 3 rings (SSSR count). The lowest BCUT2D eigenvalue weighted by atomic mass is 9.96. The van der Waals surface area contributed by atoms with E-state index in [1.165, 1.54) is 6.42 Å². The van der Waals surface area contributed by atoms with Crippen molar-refractivity contribution in [3.8, 4) is 11.5 Å². The number of methoxy groups -OCH3 is 2. The molecule has 3 atom stereocenters. The Labute approximate surface area is 166 Å². The molecule has 2 aliphatic heterocycles. The zero-order valence-electron chi connectivity index (χ0n) is 15.1. The molecular weight excluding hydrogens is 433 g/mol. The number of ether oxygens (including phenoxy) is 3. The van der Waals surface area contributed by atoms with Crippen LogP contribution < -0.4 is 20.1 Å². The Morgan fingerprint density at radius 1 is 1.28 bits per heavy atom. The van der Waals surface area contributed by atoms with Crippen molar-refractivity contribution in [1.29, 1.82) is 0 Å². The molecule has 0 radical (unpaired) electrons. The van der Waals surface area contributed by atoms with Gasteiger partial charge in [0.1, 0.15) is 0 Å². The number of para-hydroxylation sites is 1. The fourth-order valence-corrected chi connectivity index (χ4v) is 3.53. The number of hydrogen-bond donors (Lipinski definition) is 2. The monoisotopic (exact) mass is 461 g/mol. The molecule has 0 saturated carbocycles. The van der Waals surface area contributed by atoms with Gasteiger partial charge in [-0.1, -0.05) is 12.1 Å². The molecule has 0 amide bonds. The smallest absolute Gasteiger partial charge is 0.191 e. The van der Waals surface area contributed by atoms with E-state index in [1.807, 2.05) is 18.2 Å². The summed E-state index contributed by atoms with van der Waals surface area (Å²) in [5.74, 6) is 2.29. The van der Waals surface area contributed by atoms with Crippen LogP contribution in [-0.4, -0.2) is 45.0 Å². The van der Waals surface area contributed by atoms with Gasteiger partial charge in [0.15, 0.2) is 17.5 Å². The van der Waals surface area contributed by atoms with Crippen LogP contribution in [0.1, 0.15) is 31.7 Å². The van der Waals surface area contributed by atoms with Gasteiger partial charge in [0, 0.05) is 12.1 Å². The maximum Gasteiger partial charge on any atom is 0.191 e. The van der Waals surface area contributed by atoms with Crippen molar-refractivity contribution in [1.82, 2.24) is 10.6 Å². The fraction of sp³-hybridized carbons (Fsp3) is 0.611. The Hall–Kier alpha value is -1.22. The molecule has 2 bridgehead atoms. The lowest BCUT2D eigenvalue weighted by molar-refractivity contribution is 0.0992. The van der Waals surface area contributed by atoms with Crippen molar-refractivity contribution < 1.29 is 14.2 Å². The molecule has 0 spiro atoms. The second kappa shape index (κ2) is 9.47. The number of guanidine groups is 1. The highest BCUT2D eigenvalue weighted by molar-refractivity contribution is 14.0. The minimum atomic E-state index is 0. The Morgan fingerprint density at radius 3 is 2.72 bits per heavy atom.